The van der Waals surface area contributed by atoms with E-state index in [1.54, 1.807) is 17.0 Å². The van der Waals surface area contributed by atoms with Crippen LogP contribution in [0.4, 0.5) is 20.6 Å². The van der Waals surface area contributed by atoms with E-state index in [9.17, 15) is 14.0 Å². The zero-order valence-corrected chi connectivity index (χ0v) is 19.8. The number of urea groups is 1. The molecule has 1 saturated heterocycles. The third-order valence-electron chi connectivity index (χ3n) is 6.14. The van der Waals surface area contributed by atoms with Crippen LogP contribution in [-0.2, 0) is 6.54 Å². The third kappa shape index (κ3) is 5.11. The van der Waals surface area contributed by atoms with Crippen LogP contribution >= 0.6 is 0 Å². The van der Waals surface area contributed by atoms with E-state index >= 15 is 0 Å². The molecule has 1 fully saturated rings. The van der Waals surface area contributed by atoms with Crippen LogP contribution in [0.5, 0.6) is 0 Å². The van der Waals surface area contributed by atoms with Crippen LogP contribution in [0.1, 0.15) is 53.2 Å². The SMILES string of the molecule is Cc1ccc(N2CCCN(Cc3ccc(C(C)C)cc3)C2=O)c(NC(=O)c2ccccc2F)c1. The number of aryl methyl sites for hydroxylation is 1. The van der Waals surface area contributed by atoms with Crippen LogP contribution in [0, 0.1) is 12.7 Å². The third-order valence-corrected chi connectivity index (χ3v) is 6.14. The molecule has 4 rings (SSSR count). The molecule has 0 radical (unpaired) electrons. The lowest BCUT2D eigenvalue weighted by Crippen LogP contribution is -2.49. The zero-order valence-electron chi connectivity index (χ0n) is 19.8. The van der Waals surface area contributed by atoms with E-state index in [-0.39, 0.29) is 11.6 Å². The second-order valence-corrected chi connectivity index (χ2v) is 9.06. The van der Waals surface area contributed by atoms with E-state index in [2.05, 4.69) is 43.4 Å². The van der Waals surface area contributed by atoms with Crippen molar-refractivity contribution in [2.24, 2.45) is 0 Å². The van der Waals surface area contributed by atoms with Crippen LogP contribution in [-0.4, -0.2) is 29.9 Å². The van der Waals surface area contributed by atoms with E-state index in [0.29, 0.717) is 36.9 Å². The highest BCUT2D eigenvalue weighted by molar-refractivity contribution is 6.07. The summed E-state index contributed by atoms with van der Waals surface area (Å²) in [5, 5.41) is 2.82. The van der Waals surface area contributed by atoms with E-state index in [0.717, 1.165) is 17.5 Å². The minimum atomic E-state index is -0.585. The van der Waals surface area contributed by atoms with Crippen molar-refractivity contribution in [3.63, 3.8) is 0 Å². The van der Waals surface area contributed by atoms with E-state index in [1.165, 1.54) is 17.7 Å². The van der Waals surface area contributed by atoms with Crippen molar-refractivity contribution in [2.75, 3.05) is 23.3 Å². The van der Waals surface area contributed by atoms with Gasteiger partial charge >= 0.3 is 6.03 Å². The van der Waals surface area contributed by atoms with Crippen molar-refractivity contribution in [3.05, 3.63) is 94.8 Å². The predicted octanol–water partition coefficient (Wildman–Crippen LogP) is 6.34. The van der Waals surface area contributed by atoms with Crippen molar-refractivity contribution in [1.29, 1.82) is 0 Å². The molecule has 3 aromatic carbocycles. The number of hydrogen-bond donors (Lipinski definition) is 1. The number of halogens is 1. The van der Waals surface area contributed by atoms with Crippen LogP contribution in [0.3, 0.4) is 0 Å². The van der Waals surface area contributed by atoms with Gasteiger partial charge in [0, 0.05) is 19.6 Å². The molecule has 0 unspecified atom stereocenters. The lowest BCUT2D eigenvalue weighted by atomic mass is 10.0. The Hall–Kier alpha value is -3.67. The second-order valence-electron chi connectivity index (χ2n) is 9.06. The van der Waals surface area contributed by atoms with Crippen LogP contribution in [0.2, 0.25) is 0 Å². The van der Waals surface area contributed by atoms with Gasteiger partial charge in [-0.25, -0.2) is 9.18 Å². The molecular weight excluding hydrogens is 429 g/mol. The average molecular weight is 460 g/mol. The molecule has 1 N–H and O–H groups in total. The Kier molecular flexibility index (Phi) is 6.96. The van der Waals surface area contributed by atoms with Gasteiger partial charge < -0.3 is 10.2 Å². The summed E-state index contributed by atoms with van der Waals surface area (Å²) in [6.45, 7) is 7.97. The first-order valence-corrected chi connectivity index (χ1v) is 11.7. The molecule has 0 saturated carbocycles. The van der Waals surface area contributed by atoms with E-state index < -0.39 is 11.7 Å². The van der Waals surface area contributed by atoms with Crippen LogP contribution in [0.15, 0.2) is 66.7 Å². The van der Waals surface area contributed by atoms with Crippen molar-refractivity contribution in [1.82, 2.24) is 4.90 Å². The molecule has 1 aliphatic rings. The number of nitrogens with zero attached hydrogens (tertiary/aromatic N) is 2. The topological polar surface area (TPSA) is 52.6 Å². The molecule has 176 valence electrons. The largest absolute Gasteiger partial charge is 0.324 e. The second kappa shape index (κ2) is 10.1. The maximum absolute atomic E-state index is 14.1. The fraction of sp³-hybridized carbons (Fsp3) is 0.286. The molecule has 5 nitrogen and oxygen atoms in total. The molecule has 3 aromatic rings. The highest BCUT2D eigenvalue weighted by atomic mass is 19.1. The van der Waals surface area contributed by atoms with Crippen molar-refractivity contribution in [3.8, 4) is 0 Å². The van der Waals surface area contributed by atoms with Gasteiger partial charge in [0.15, 0.2) is 0 Å². The summed E-state index contributed by atoms with van der Waals surface area (Å²) in [4.78, 5) is 29.7. The van der Waals surface area contributed by atoms with Crippen molar-refractivity contribution >= 4 is 23.3 Å². The van der Waals surface area contributed by atoms with Gasteiger partial charge in [0.25, 0.3) is 5.91 Å². The maximum atomic E-state index is 14.1. The Morgan fingerprint density at radius 2 is 1.76 bits per heavy atom. The minimum absolute atomic E-state index is 0.0357. The number of amides is 3. The van der Waals surface area contributed by atoms with E-state index in [1.807, 2.05) is 30.0 Å². The molecule has 0 atom stereocenters. The van der Waals surface area contributed by atoms with Crippen LogP contribution in [0.25, 0.3) is 0 Å². The molecule has 34 heavy (non-hydrogen) atoms. The minimum Gasteiger partial charge on any atom is -0.320 e. The highest BCUT2D eigenvalue weighted by Gasteiger charge is 2.29. The molecular formula is C28H30FN3O2. The number of carbonyl (C=O) groups excluding carboxylic acids is 2. The van der Waals surface area contributed by atoms with Gasteiger partial charge in [-0.15, -0.1) is 0 Å². The summed E-state index contributed by atoms with van der Waals surface area (Å²) in [5.74, 6) is -0.671. The summed E-state index contributed by atoms with van der Waals surface area (Å²) in [6, 6.07) is 19.7. The first-order chi connectivity index (χ1) is 16.3. The first-order valence-electron chi connectivity index (χ1n) is 11.7. The number of rotatable bonds is 6. The molecule has 0 bridgehead atoms. The van der Waals surface area contributed by atoms with Crippen molar-refractivity contribution in [2.45, 2.75) is 39.7 Å². The summed E-state index contributed by atoms with van der Waals surface area (Å²) in [7, 11) is 0. The smallest absolute Gasteiger partial charge is 0.320 e. The number of carbonyl (C=O) groups is 2. The van der Waals surface area contributed by atoms with Crippen molar-refractivity contribution < 1.29 is 14.0 Å². The number of nitrogens with one attached hydrogen (secondary N) is 1. The first kappa shape index (κ1) is 23.5. The lowest BCUT2D eigenvalue weighted by Gasteiger charge is -2.36. The van der Waals surface area contributed by atoms with Gasteiger partial charge in [0.1, 0.15) is 5.82 Å². The van der Waals surface area contributed by atoms with Gasteiger partial charge in [-0.05, 0) is 60.2 Å². The number of anilines is 2. The Bertz CT molecular complexity index is 1190. The lowest BCUT2D eigenvalue weighted by molar-refractivity contribution is 0.102. The predicted molar refractivity (Wildman–Crippen MR) is 134 cm³/mol. The summed E-state index contributed by atoms with van der Waals surface area (Å²) in [5.41, 5.74) is 4.34. The molecule has 3 amide bonds. The number of hydrogen-bond acceptors (Lipinski definition) is 2. The molecule has 0 aliphatic carbocycles. The van der Waals surface area contributed by atoms with Gasteiger partial charge in [-0.2, -0.15) is 0 Å². The van der Waals surface area contributed by atoms with Gasteiger partial charge in [-0.3, -0.25) is 9.69 Å². The Labute approximate surface area is 200 Å². The summed E-state index contributed by atoms with van der Waals surface area (Å²) in [6.07, 6.45) is 0.810. The van der Waals surface area contributed by atoms with Gasteiger partial charge in [-0.1, -0.05) is 56.3 Å². The normalized spacial score (nSPS) is 14.0. The van der Waals surface area contributed by atoms with Gasteiger partial charge in [0.05, 0.1) is 16.9 Å². The number of benzene rings is 3. The fourth-order valence-corrected chi connectivity index (χ4v) is 4.20. The Balaban J connectivity index is 1.55. The van der Waals surface area contributed by atoms with E-state index in [4.69, 9.17) is 0 Å². The molecule has 0 spiro atoms. The average Bonchev–Trinajstić information content (AvgIpc) is 2.81. The Morgan fingerprint density at radius 3 is 2.47 bits per heavy atom. The maximum Gasteiger partial charge on any atom is 0.324 e. The highest BCUT2D eigenvalue weighted by Crippen LogP contribution is 2.31. The summed E-state index contributed by atoms with van der Waals surface area (Å²) < 4.78 is 14.1. The zero-order chi connectivity index (χ0) is 24.2. The standard InChI is InChI=1S/C28H30FN3O2/c1-19(2)22-12-10-21(11-13-22)18-31-15-6-16-32(28(31)34)26-14-9-20(3)17-25(26)30-27(33)23-7-4-5-8-24(23)29/h4-5,7-14,17,19H,6,15-16,18H2,1-3H3,(H,30,33). The molecule has 1 aliphatic heterocycles. The monoisotopic (exact) mass is 459 g/mol. The molecule has 1 heterocycles. The summed E-state index contributed by atoms with van der Waals surface area (Å²) >= 11 is 0. The molecule has 0 aromatic heterocycles. The van der Waals surface area contributed by atoms with Crippen LogP contribution < -0.4 is 10.2 Å². The Morgan fingerprint density at radius 1 is 1.03 bits per heavy atom. The quantitative estimate of drug-likeness (QED) is 0.467. The van der Waals surface area contributed by atoms with Gasteiger partial charge in [0.2, 0.25) is 0 Å². The molecule has 6 heteroatoms. The fourth-order valence-electron chi connectivity index (χ4n) is 4.20.